The molecular weight excluding hydrogens is 905 g/mol. The molecule has 1 aromatic heterocycles. The van der Waals surface area contributed by atoms with Crippen LogP contribution in [0.3, 0.4) is 0 Å². The van der Waals surface area contributed by atoms with Crippen molar-refractivity contribution >= 4 is 91.4 Å². The number of para-hydroxylation sites is 1. The lowest BCUT2D eigenvalue weighted by atomic mass is 10.0. The fraction of sp³-hybridized carbons (Fsp3) is 0.413. The molecular formula is C46H49ClFN11O7S. The van der Waals surface area contributed by atoms with Gasteiger partial charge in [0.25, 0.3) is 11.8 Å². The van der Waals surface area contributed by atoms with Crippen LogP contribution in [0, 0.1) is 11.7 Å². The summed E-state index contributed by atoms with van der Waals surface area (Å²) in [5.41, 5.74) is 4.11. The van der Waals surface area contributed by atoms with Gasteiger partial charge in [0, 0.05) is 82.7 Å². The highest BCUT2D eigenvalue weighted by Crippen LogP contribution is 2.40. The molecule has 4 aromatic rings. The summed E-state index contributed by atoms with van der Waals surface area (Å²) in [5, 5.41) is 8.68. The molecule has 350 valence electrons. The standard InChI is InChI=1S/C46H49ClFN11O7S/c1-67(65,66)58-18-12-27-3-2-4-36(40(27)58)51-41-34(47)25-49-46(53-41)50-29-5-8-37(35(48)23-29)55-16-13-30(14-17-55)54-19-21-56(22-20-54)43(62)28-11-15-57(26-28)31-6-7-32-33(24-31)45(64)59(44(32)63)38-9-10-39(60)52-42(38)61/h2-8,23-25,28,30,38H,9-22,26H2,1H3,(H,52,60,61)(H2,49,50,51,53). The predicted octanol–water partition coefficient (Wildman–Crippen LogP) is 4.12. The van der Waals surface area contributed by atoms with Crippen LogP contribution in [0.15, 0.2) is 60.8 Å². The number of piperazine rings is 1. The Morgan fingerprint density at radius 1 is 0.836 bits per heavy atom. The maximum Gasteiger partial charge on any atom is 0.262 e. The molecule has 3 aromatic carbocycles. The summed E-state index contributed by atoms with van der Waals surface area (Å²) >= 11 is 6.46. The fourth-order valence-corrected chi connectivity index (χ4v) is 11.5. The van der Waals surface area contributed by atoms with Crippen LogP contribution >= 0.6 is 11.6 Å². The van der Waals surface area contributed by atoms with Gasteiger partial charge >= 0.3 is 0 Å². The van der Waals surface area contributed by atoms with E-state index in [1.54, 1.807) is 36.4 Å². The lowest BCUT2D eigenvalue weighted by molar-refractivity contribution is -0.137. The number of carbonyl (C=O) groups is 5. The molecule has 10 rings (SSSR count). The Morgan fingerprint density at radius 2 is 1.60 bits per heavy atom. The van der Waals surface area contributed by atoms with E-state index in [1.807, 2.05) is 17.0 Å². The average molecular weight is 954 g/mol. The minimum Gasteiger partial charge on any atom is -0.371 e. The number of sulfonamides is 1. The van der Waals surface area contributed by atoms with Gasteiger partial charge in [-0.2, -0.15) is 4.98 Å². The third-order valence-electron chi connectivity index (χ3n) is 13.8. The van der Waals surface area contributed by atoms with Crippen molar-refractivity contribution in [1.82, 2.24) is 30.0 Å². The van der Waals surface area contributed by atoms with E-state index in [1.165, 1.54) is 22.8 Å². The summed E-state index contributed by atoms with van der Waals surface area (Å²) in [5.74, 6) is -2.22. The van der Waals surface area contributed by atoms with Gasteiger partial charge in [-0.05, 0) is 80.1 Å². The van der Waals surface area contributed by atoms with Gasteiger partial charge in [0.2, 0.25) is 33.7 Å². The first-order chi connectivity index (χ1) is 32.2. The molecule has 3 N–H and O–H groups in total. The first-order valence-corrected chi connectivity index (χ1v) is 24.8. The second kappa shape index (κ2) is 17.7. The van der Waals surface area contributed by atoms with Crippen LogP contribution in [0.5, 0.6) is 0 Å². The molecule has 6 aliphatic heterocycles. The third kappa shape index (κ3) is 8.61. The zero-order chi connectivity index (χ0) is 46.7. The molecule has 21 heteroatoms. The van der Waals surface area contributed by atoms with Gasteiger partial charge < -0.3 is 25.3 Å². The number of rotatable bonds is 10. The highest BCUT2D eigenvalue weighted by molar-refractivity contribution is 7.92. The van der Waals surface area contributed by atoms with E-state index >= 15 is 4.39 Å². The molecule has 0 aliphatic carbocycles. The minimum atomic E-state index is -3.50. The fourth-order valence-electron chi connectivity index (χ4n) is 10.4. The Morgan fingerprint density at radius 3 is 2.34 bits per heavy atom. The van der Waals surface area contributed by atoms with Gasteiger partial charge in [0.15, 0.2) is 5.82 Å². The molecule has 0 saturated carbocycles. The number of aromatic nitrogens is 2. The van der Waals surface area contributed by atoms with Crippen LogP contribution in [-0.2, 0) is 30.8 Å². The van der Waals surface area contributed by atoms with Crippen LogP contribution in [0.2, 0.25) is 5.02 Å². The third-order valence-corrected chi connectivity index (χ3v) is 15.3. The molecule has 5 amide bonds. The molecule has 0 spiro atoms. The molecule has 6 aliphatic rings. The van der Waals surface area contributed by atoms with E-state index < -0.39 is 39.7 Å². The number of halogens is 2. The van der Waals surface area contributed by atoms with Crippen LogP contribution in [0.25, 0.3) is 0 Å². The quantitative estimate of drug-likeness (QED) is 0.192. The smallest absolute Gasteiger partial charge is 0.262 e. The SMILES string of the molecule is CS(=O)(=O)N1CCc2cccc(Nc3nc(Nc4ccc(N5CCC(N6CCN(C(=O)C7CCN(c8ccc9c(c8)C(=O)N(C8CCC(=O)NC8=O)C9=O)C7)CC6)CC5)c(F)c4)ncc3Cl)c21. The van der Waals surface area contributed by atoms with Crippen molar-refractivity contribution in [3.05, 3.63) is 88.3 Å². The molecule has 18 nitrogen and oxygen atoms in total. The van der Waals surface area contributed by atoms with E-state index in [0.717, 1.165) is 42.1 Å². The molecule has 0 radical (unpaired) electrons. The normalized spacial score (nSPS) is 21.5. The summed E-state index contributed by atoms with van der Waals surface area (Å²) in [6.07, 6.45) is 5.69. The van der Waals surface area contributed by atoms with E-state index in [9.17, 15) is 32.4 Å². The lowest BCUT2D eigenvalue weighted by Crippen LogP contribution is -2.55. The first kappa shape index (κ1) is 44.5. The summed E-state index contributed by atoms with van der Waals surface area (Å²) in [6, 6.07) is 14.8. The number of amides is 5. The highest BCUT2D eigenvalue weighted by Gasteiger charge is 2.45. The van der Waals surface area contributed by atoms with Crippen molar-refractivity contribution in [1.29, 1.82) is 0 Å². The van der Waals surface area contributed by atoms with Crippen LogP contribution in [0.4, 0.5) is 44.6 Å². The molecule has 2 atom stereocenters. The summed E-state index contributed by atoms with van der Waals surface area (Å²) in [4.78, 5) is 82.7. The zero-order valence-electron chi connectivity index (χ0n) is 36.7. The van der Waals surface area contributed by atoms with Gasteiger partial charge in [-0.3, -0.25) is 43.4 Å². The Kier molecular flexibility index (Phi) is 11.7. The summed E-state index contributed by atoms with van der Waals surface area (Å²) in [6.45, 7) is 5.56. The predicted molar refractivity (Wildman–Crippen MR) is 249 cm³/mol. The Bertz CT molecular complexity index is 2820. The van der Waals surface area contributed by atoms with Crippen molar-refractivity contribution in [3.63, 3.8) is 0 Å². The van der Waals surface area contributed by atoms with Gasteiger partial charge in [0.1, 0.15) is 16.9 Å². The van der Waals surface area contributed by atoms with Gasteiger partial charge in [-0.1, -0.05) is 23.7 Å². The maximum absolute atomic E-state index is 15.7. The number of hydrogen-bond donors (Lipinski definition) is 3. The molecule has 7 heterocycles. The van der Waals surface area contributed by atoms with Crippen LogP contribution < -0.4 is 30.1 Å². The topological polar surface area (TPSA) is 201 Å². The Hall–Kier alpha value is -6.38. The summed E-state index contributed by atoms with van der Waals surface area (Å²) < 4.78 is 42.1. The number of nitrogens with one attached hydrogen (secondary N) is 3. The van der Waals surface area contributed by atoms with E-state index in [2.05, 4.69) is 40.6 Å². The van der Waals surface area contributed by atoms with Crippen LogP contribution in [-0.4, -0.2) is 140 Å². The van der Waals surface area contributed by atoms with E-state index in [-0.39, 0.29) is 58.4 Å². The van der Waals surface area contributed by atoms with E-state index in [4.69, 9.17) is 11.6 Å². The van der Waals surface area contributed by atoms with Gasteiger partial charge in [-0.25, -0.2) is 17.8 Å². The van der Waals surface area contributed by atoms with E-state index in [0.29, 0.717) is 87.4 Å². The number of hydrogen-bond acceptors (Lipinski definition) is 14. The molecule has 67 heavy (non-hydrogen) atoms. The van der Waals surface area contributed by atoms with Crippen molar-refractivity contribution in [2.75, 3.05) is 89.9 Å². The number of carbonyl (C=O) groups excluding carboxylic acids is 5. The second-order valence-corrected chi connectivity index (χ2v) is 20.2. The largest absolute Gasteiger partial charge is 0.371 e. The van der Waals surface area contributed by atoms with Crippen molar-refractivity contribution in [2.24, 2.45) is 5.92 Å². The number of imide groups is 2. The Labute approximate surface area is 391 Å². The number of nitrogens with zero attached hydrogens (tertiary/aromatic N) is 8. The summed E-state index contributed by atoms with van der Waals surface area (Å²) in [7, 11) is -3.50. The maximum atomic E-state index is 15.7. The monoisotopic (exact) mass is 953 g/mol. The average Bonchev–Trinajstić information content (AvgIpc) is 4.05. The lowest BCUT2D eigenvalue weighted by Gasteiger charge is -2.43. The minimum absolute atomic E-state index is 0.0507. The number of benzene rings is 3. The first-order valence-electron chi connectivity index (χ1n) is 22.5. The molecule has 4 saturated heterocycles. The van der Waals surface area contributed by atoms with Gasteiger partial charge in [0.05, 0.1) is 46.6 Å². The molecule has 2 unspecified atom stereocenters. The number of piperidine rings is 2. The Balaban J connectivity index is 0.696. The molecule has 0 bridgehead atoms. The zero-order valence-corrected chi connectivity index (χ0v) is 38.3. The van der Waals surface area contributed by atoms with Crippen LogP contribution in [0.1, 0.15) is 58.4 Å². The van der Waals surface area contributed by atoms with Crippen molar-refractivity contribution in [2.45, 2.75) is 50.6 Å². The van der Waals surface area contributed by atoms with Crippen molar-refractivity contribution in [3.8, 4) is 0 Å². The molecule has 4 fully saturated rings. The second-order valence-electron chi connectivity index (χ2n) is 17.9. The number of fused-ring (bicyclic) bond motifs is 2. The van der Waals surface area contributed by atoms with Gasteiger partial charge in [-0.15, -0.1) is 0 Å². The highest BCUT2D eigenvalue weighted by atomic mass is 35.5. The number of anilines is 7. The van der Waals surface area contributed by atoms with Crippen molar-refractivity contribution < 1.29 is 36.8 Å².